The fraction of sp³-hybridized carbons (Fsp3) is 0.538. The Balaban J connectivity index is 2.61. The number of alkyl halides is 2. The lowest BCUT2D eigenvalue weighted by atomic mass is 10.2. The van der Waals surface area contributed by atoms with E-state index in [1.165, 1.54) is 12.1 Å². The van der Waals surface area contributed by atoms with Crippen molar-refractivity contribution in [3.05, 3.63) is 23.8 Å². The van der Waals surface area contributed by atoms with E-state index in [-0.39, 0.29) is 11.3 Å². The predicted molar refractivity (Wildman–Crippen MR) is 69.1 cm³/mol. The second-order valence-electron chi connectivity index (χ2n) is 3.97. The molecule has 0 bridgehead atoms. The molecule has 0 aliphatic heterocycles. The van der Waals surface area contributed by atoms with Crippen LogP contribution < -0.4 is 10.5 Å². The third-order valence-corrected chi connectivity index (χ3v) is 2.83. The third-order valence-electron chi connectivity index (χ3n) is 2.83. The Kier molecular flexibility index (Phi) is 5.85. The summed E-state index contributed by atoms with van der Waals surface area (Å²) in [6, 6.07) is 4.33. The fourth-order valence-corrected chi connectivity index (χ4v) is 1.69. The molecule has 0 aromatic heterocycles. The van der Waals surface area contributed by atoms with Gasteiger partial charge in [0.05, 0.1) is 5.56 Å². The summed E-state index contributed by atoms with van der Waals surface area (Å²) in [5.74, 6) is 0.214. The lowest BCUT2D eigenvalue weighted by Gasteiger charge is -2.19. The first-order valence-electron chi connectivity index (χ1n) is 6.11. The number of rotatable bonds is 7. The van der Waals surface area contributed by atoms with Crippen molar-refractivity contribution in [3.8, 4) is 5.75 Å². The number of nitrogen functional groups attached to an aromatic ring is 1. The molecule has 18 heavy (non-hydrogen) atoms. The SMILES string of the molecule is CCN(CC)CCOc1ccc(N)cc1C(F)F. The minimum atomic E-state index is -2.57. The van der Waals surface area contributed by atoms with Gasteiger partial charge in [-0.15, -0.1) is 0 Å². The normalized spacial score (nSPS) is 11.2. The molecule has 3 nitrogen and oxygen atoms in total. The molecule has 5 heteroatoms. The first-order chi connectivity index (χ1) is 8.58. The average molecular weight is 258 g/mol. The average Bonchev–Trinajstić information content (AvgIpc) is 2.36. The van der Waals surface area contributed by atoms with E-state index < -0.39 is 6.43 Å². The third kappa shape index (κ3) is 4.14. The van der Waals surface area contributed by atoms with Crippen molar-refractivity contribution >= 4 is 5.69 Å². The van der Waals surface area contributed by atoms with Gasteiger partial charge in [0.2, 0.25) is 0 Å². The highest BCUT2D eigenvalue weighted by Gasteiger charge is 2.14. The molecule has 0 saturated heterocycles. The molecule has 0 spiro atoms. The lowest BCUT2D eigenvalue weighted by Crippen LogP contribution is -2.28. The first kappa shape index (κ1) is 14.7. The number of likely N-dealkylation sites (N-methyl/N-ethyl adjacent to an activating group) is 1. The van der Waals surface area contributed by atoms with Crippen molar-refractivity contribution in [2.45, 2.75) is 20.3 Å². The Morgan fingerprint density at radius 3 is 2.50 bits per heavy atom. The Hall–Kier alpha value is -1.36. The van der Waals surface area contributed by atoms with Crippen molar-refractivity contribution < 1.29 is 13.5 Å². The highest BCUT2D eigenvalue weighted by atomic mass is 19.3. The van der Waals surface area contributed by atoms with E-state index in [1.807, 2.05) is 0 Å². The van der Waals surface area contributed by atoms with Gasteiger partial charge < -0.3 is 15.4 Å². The summed E-state index contributed by atoms with van der Waals surface area (Å²) >= 11 is 0. The zero-order chi connectivity index (χ0) is 13.5. The van der Waals surface area contributed by atoms with Crippen LogP contribution in [0.5, 0.6) is 5.75 Å². The summed E-state index contributed by atoms with van der Waals surface area (Å²) in [4.78, 5) is 2.17. The molecule has 0 heterocycles. The number of hydrogen-bond acceptors (Lipinski definition) is 3. The van der Waals surface area contributed by atoms with E-state index in [4.69, 9.17) is 10.5 Å². The van der Waals surface area contributed by atoms with Crippen LogP contribution in [-0.4, -0.2) is 31.1 Å². The molecule has 1 rings (SSSR count). The number of anilines is 1. The molecule has 0 radical (unpaired) electrons. The Morgan fingerprint density at radius 1 is 1.28 bits per heavy atom. The van der Waals surface area contributed by atoms with Crippen molar-refractivity contribution in [2.75, 3.05) is 32.0 Å². The topological polar surface area (TPSA) is 38.5 Å². The van der Waals surface area contributed by atoms with Gasteiger partial charge in [-0.2, -0.15) is 0 Å². The van der Waals surface area contributed by atoms with Gasteiger partial charge in [0, 0.05) is 12.2 Å². The van der Waals surface area contributed by atoms with Gasteiger partial charge in [-0.3, -0.25) is 0 Å². The minimum Gasteiger partial charge on any atom is -0.492 e. The van der Waals surface area contributed by atoms with Crippen LogP contribution in [0.25, 0.3) is 0 Å². The standard InChI is InChI=1S/C13H20F2N2O/c1-3-17(4-2)7-8-18-12-6-5-10(16)9-11(12)13(14)15/h5-6,9,13H,3-4,7-8,16H2,1-2H3. The fourth-order valence-electron chi connectivity index (χ4n) is 1.69. The number of nitrogens with two attached hydrogens (primary N) is 1. The summed E-state index contributed by atoms with van der Waals surface area (Å²) in [7, 11) is 0. The molecular weight excluding hydrogens is 238 g/mol. The van der Waals surface area contributed by atoms with Crippen LogP contribution in [0, 0.1) is 0 Å². The molecule has 1 aromatic carbocycles. The molecule has 0 saturated carbocycles. The molecule has 0 fully saturated rings. The van der Waals surface area contributed by atoms with Crippen molar-refractivity contribution in [1.82, 2.24) is 4.90 Å². The highest BCUT2D eigenvalue weighted by Crippen LogP contribution is 2.30. The smallest absolute Gasteiger partial charge is 0.267 e. The summed E-state index contributed by atoms with van der Waals surface area (Å²) in [6.45, 7) is 7.06. The van der Waals surface area contributed by atoms with Gasteiger partial charge in [-0.25, -0.2) is 8.78 Å². The van der Waals surface area contributed by atoms with Gasteiger partial charge in [-0.1, -0.05) is 13.8 Å². The molecule has 0 atom stereocenters. The van der Waals surface area contributed by atoms with Gasteiger partial charge in [0.15, 0.2) is 0 Å². The van der Waals surface area contributed by atoms with Gasteiger partial charge in [0.25, 0.3) is 6.43 Å². The zero-order valence-electron chi connectivity index (χ0n) is 10.8. The molecule has 0 aliphatic carbocycles. The van der Waals surface area contributed by atoms with Crippen molar-refractivity contribution in [1.29, 1.82) is 0 Å². The quantitative estimate of drug-likeness (QED) is 0.764. The number of nitrogens with zero attached hydrogens (tertiary/aromatic N) is 1. The van der Waals surface area contributed by atoms with Crippen LogP contribution in [0.2, 0.25) is 0 Å². The largest absolute Gasteiger partial charge is 0.492 e. The van der Waals surface area contributed by atoms with E-state index in [2.05, 4.69) is 18.7 Å². The van der Waals surface area contributed by atoms with Crippen LogP contribution in [0.4, 0.5) is 14.5 Å². The molecule has 2 N–H and O–H groups in total. The summed E-state index contributed by atoms with van der Waals surface area (Å²) in [5, 5.41) is 0. The van der Waals surface area contributed by atoms with Crippen LogP contribution in [0.15, 0.2) is 18.2 Å². The Bertz CT molecular complexity index is 368. The highest BCUT2D eigenvalue weighted by molar-refractivity contribution is 5.48. The maximum absolute atomic E-state index is 12.8. The number of hydrogen-bond donors (Lipinski definition) is 1. The zero-order valence-corrected chi connectivity index (χ0v) is 10.8. The van der Waals surface area contributed by atoms with Crippen LogP contribution in [-0.2, 0) is 0 Å². The maximum Gasteiger partial charge on any atom is 0.267 e. The molecule has 0 unspecified atom stereocenters. The first-order valence-corrected chi connectivity index (χ1v) is 6.11. The molecular formula is C13H20F2N2O. The second-order valence-corrected chi connectivity index (χ2v) is 3.97. The molecule has 0 aliphatic rings. The summed E-state index contributed by atoms with van der Waals surface area (Å²) in [6.07, 6.45) is -2.57. The van der Waals surface area contributed by atoms with E-state index in [1.54, 1.807) is 6.07 Å². The van der Waals surface area contributed by atoms with Crippen molar-refractivity contribution in [3.63, 3.8) is 0 Å². The van der Waals surface area contributed by atoms with Gasteiger partial charge in [0.1, 0.15) is 12.4 Å². The molecule has 1 aromatic rings. The van der Waals surface area contributed by atoms with Gasteiger partial charge in [-0.05, 0) is 31.3 Å². The van der Waals surface area contributed by atoms with Crippen molar-refractivity contribution in [2.24, 2.45) is 0 Å². The van der Waals surface area contributed by atoms with E-state index >= 15 is 0 Å². The predicted octanol–water partition coefficient (Wildman–Crippen LogP) is 2.93. The van der Waals surface area contributed by atoms with Gasteiger partial charge >= 0.3 is 0 Å². The minimum absolute atomic E-state index is 0.144. The van der Waals surface area contributed by atoms with E-state index in [9.17, 15) is 8.78 Å². The monoisotopic (exact) mass is 258 g/mol. The van der Waals surface area contributed by atoms with E-state index in [0.29, 0.717) is 12.3 Å². The lowest BCUT2D eigenvalue weighted by molar-refractivity contribution is 0.143. The molecule has 102 valence electrons. The second kappa shape index (κ2) is 7.16. The Labute approximate surface area is 107 Å². The number of ether oxygens (including phenoxy) is 1. The maximum atomic E-state index is 12.8. The molecule has 0 amide bonds. The number of benzene rings is 1. The summed E-state index contributed by atoms with van der Waals surface area (Å²) < 4.78 is 31.0. The number of halogens is 2. The Morgan fingerprint density at radius 2 is 1.94 bits per heavy atom. The van der Waals surface area contributed by atoms with Crippen LogP contribution >= 0.6 is 0 Å². The van der Waals surface area contributed by atoms with Crippen LogP contribution in [0.1, 0.15) is 25.8 Å². The summed E-state index contributed by atoms with van der Waals surface area (Å²) in [5.41, 5.74) is 5.66. The van der Waals surface area contributed by atoms with E-state index in [0.717, 1.165) is 19.6 Å². The van der Waals surface area contributed by atoms with Crippen LogP contribution in [0.3, 0.4) is 0 Å².